The minimum atomic E-state index is -0.570. The summed E-state index contributed by atoms with van der Waals surface area (Å²) in [6.07, 6.45) is 3.03. The van der Waals surface area contributed by atoms with E-state index in [4.69, 9.17) is 18.9 Å². The van der Waals surface area contributed by atoms with Gasteiger partial charge in [-0.05, 0) is 24.3 Å². The van der Waals surface area contributed by atoms with Crippen molar-refractivity contribution in [2.45, 2.75) is 0 Å². The Morgan fingerprint density at radius 2 is 1.70 bits per heavy atom. The van der Waals surface area contributed by atoms with E-state index in [1.165, 1.54) is 39.7 Å². The van der Waals surface area contributed by atoms with Gasteiger partial charge in [-0.2, -0.15) is 0 Å². The van der Waals surface area contributed by atoms with Crippen molar-refractivity contribution in [3.05, 3.63) is 47.8 Å². The number of hydrogen-bond acceptors (Lipinski definition) is 7. The maximum atomic E-state index is 12.2. The van der Waals surface area contributed by atoms with Gasteiger partial charge in [-0.1, -0.05) is 0 Å². The number of nitrogens with one attached hydrogen (secondary N) is 1. The molecule has 1 aromatic heterocycles. The largest absolute Gasteiger partial charge is 1.00 e. The molecule has 0 fully saturated rings. The summed E-state index contributed by atoms with van der Waals surface area (Å²) in [5.74, 6) is 0.226. The fraction of sp³-hybridized carbons (Fsp3) is 0.278. The Bertz CT molecular complexity index is 745. The lowest BCUT2D eigenvalue weighted by Gasteiger charge is -2.14. The van der Waals surface area contributed by atoms with Crippen LogP contribution >= 0.6 is 0 Å². The average Bonchev–Trinajstić information content (AvgIpc) is 2.70. The zero-order valence-corrected chi connectivity index (χ0v) is 15.9. The lowest BCUT2D eigenvalue weighted by atomic mass is 10.2. The van der Waals surface area contributed by atoms with E-state index in [1.807, 2.05) is 0 Å². The number of nitrogens with zero attached hydrogens (tertiary/aromatic N) is 1. The molecule has 0 saturated heterocycles. The van der Waals surface area contributed by atoms with Crippen molar-refractivity contribution >= 4 is 11.9 Å². The van der Waals surface area contributed by atoms with Crippen LogP contribution in [-0.2, 0) is 4.74 Å². The molecule has 0 spiro atoms. The zero-order valence-electron chi connectivity index (χ0n) is 15.2. The summed E-state index contributed by atoms with van der Waals surface area (Å²) in [5.41, 5.74) is 0.682. The molecule has 0 unspecified atom stereocenters. The molecule has 8 nitrogen and oxygen atoms in total. The molecule has 146 valence electrons. The van der Waals surface area contributed by atoms with Crippen LogP contribution in [0.2, 0.25) is 0 Å². The van der Waals surface area contributed by atoms with Crippen LogP contribution < -0.4 is 31.9 Å². The van der Waals surface area contributed by atoms with Crippen molar-refractivity contribution in [2.75, 3.05) is 34.5 Å². The molecule has 0 saturated carbocycles. The fourth-order valence-corrected chi connectivity index (χ4v) is 2.19. The summed E-state index contributed by atoms with van der Waals surface area (Å²) in [6.45, 7) is 0.186. The number of methoxy groups -OCH3 is 3. The van der Waals surface area contributed by atoms with Crippen molar-refractivity contribution in [1.82, 2.24) is 10.3 Å². The monoisotopic (exact) mass is 395 g/mol. The first-order valence-corrected chi connectivity index (χ1v) is 7.76. The van der Waals surface area contributed by atoms with Crippen molar-refractivity contribution in [3.63, 3.8) is 0 Å². The molecule has 9 heteroatoms. The molecule has 0 atom stereocenters. The number of aromatic nitrogens is 1. The van der Waals surface area contributed by atoms with Crippen LogP contribution in [-0.4, -0.2) is 51.3 Å². The number of carbonyl (C=O) groups is 2. The van der Waals surface area contributed by atoms with E-state index in [2.05, 4.69) is 10.3 Å². The number of carbonyl (C=O) groups excluding carboxylic acids is 2. The Labute approximate surface area is 163 Å². The number of esters is 1. The lowest BCUT2D eigenvalue weighted by molar-refractivity contribution is -0.0000298. The van der Waals surface area contributed by atoms with E-state index in [0.29, 0.717) is 22.8 Å². The van der Waals surface area contributed by atoms with Crippen molar-refractivity contribution in [2.24, 2.45) is 0 Å². The molecule has 0 radical (unpaired) electrons. The molecule has 0 bridgehead atoms. The normalized spacial score (nSPS) is 9.59. The SMILES string of the molecule is COc1cc(C(=O)OCCNC(=O)c2cccnc2)cc(OC)c1OC.[Cl-]. The third-order valence-corrected chi connectivity index (χ3v) is 3.44. The molecule has 0 aliphatic heterocycles. The average molecular weight is 396 g/mol. The quantitative estimate of drug-likeness (QED) is 0.438. The molecule has 0 aliphatic carbocycles. The lowest BCUT2D eigenvalue weighted by Crippen LogP contribution is -3.00. The molecule has 2 rings (SSSR count). The first-order valence-electron chi connectivity index (χ1n) is 7.76. The Morgan fingerprint density at radius 3 is 2.22 bits per heavy atom. The summed E-state index contributed by atoms with van der Waals surface area (Å²) in [5, 5.41) is 2.64. The van der Waals surface area contributed by atoms with Gasteiger partial charge in [0, 0.05) is 12.4 Å². The van der Waals surface area contributed by atoms with Crippen LogP contribution in [0.1, 0.15) is 20.7 Å². The fourth-order valence-electron chi connectivity index (χ4n) is 2.19. The summed E-state index contributed by atoms with van der Waals surface area (Å²) >= 11 is 0. The van der Waals surface area contributed by atoms with Crippen molar-refractivity contribution < 1.29 is 40.9 Å². The van der Waals surface area contributed by atoms with Gasteiger partial charge < -0.3 is 36.7 Å². The van der Waals surface area contributed by atoms with Crippen LogP contribution in [0.15, 0.2) is 36.7 Å². The van der Waals surface area contributed by atoms with Crippen molar-refractivity contribution in [1.29, 1.82) is 0 Å². The van der Waals surface area contributed by atoms with Crippen LogP contribution in [0.25, 0.3) is 0 Å². The second-order valence-electron chi connectivity index (χ2n) is 5.05. The van der Waals surface area contributed by atoms with Crippen LogP contribution in [0.3, 0.4) is 0 Å². The Balaban J connectivity index is 0.00000364. The molecule has 1 N–H and O–H groups in total. The summed E-state index contributed by atoms with van der Waals surface area (Å²) in [6, 6.07) is 6.31. The highest BCUT2D eigenvalue weighted by molar-refractivity contribution is 5.94. The highest BCUT2D eigenvalue weighted by Crippen LogP contribution is 2.38. The van der Waals surface area contributed by atoms with E-state index in [9.17, 15) is 9.59 Å². The van der Waals surface area contributed by atoms with Crippen LogP contribution in [0.5, 0.6) is 17.2 Å². The second kappa shape index (κ2) is 10.9. The number of rotatable bonds is 8. The Hall–Kier alpha value is -3.00. The number of hydrogen-bond donors (Lipinski definition) is 1. The number of ether oxygens (including phenoxy) is 4. The number of halogens is 1. The van der Waals surface area contributed by atoms with E-state index in [1.54, 1.807) is 18.3 Å². The van der Waals surface area contributed by atoms with Gasteiger partial charge in [0.15, 0.2) is 11.5 Å². The number of amides is 1. The third kappa shape index (κ3) is 5.75. The minimum absolute atomic E-state index is 0. The van der Waals surface area contributed by atoms with E-state index >= 15 is 0 Å². The predicted octanol–water partition coefficient (Wildman–Crippen LogP) is -1.30. The van der Waals surface area contributed by atoms with Gasteiger partial charge in [-0.25, -0.2) is 4.79 Å². The topological polar surface area (TPSA) is 96.0 Å². The van der Waals surface area contributed by atoms with Gasteiger partial charge in [0.25, 0.3) is 5.91 Å². The Kier molecular flexibility index (Phi) is 8.87. The van der Waals surface area contributed by atoms with E-state index < -0.39 is 5.97 Å². The maximum absolute atomic E-state index is 12.2. The van der Waals surface area contributed by atoms with E-state index in [-0.39, 0.29) is 37.0 Å². The van der Waals surface area contributed by atoms with Crippen LogP contribution in [0, 0.1) is 0 Å². The predicted molar refractivity (Wildman–Crippen MR) is 93.0 cm³/mol. The highest BCUT2D eigenvalue weighted by Gasteiger charge is 2.17. The number of pyridine rings is 1. The first kappa shape index (κ1) is 22.0. The van der Waals surface area contributed by atoms with Gasteiger partial charge in [-0.15, -0.1) is 0 Å². The van der Waals surface area contributed by atoms with Gasteiger partial charge >= 0.3 is 5.97 Å². The van der Waals surface area contributed by atoms with Gasteiger partial charge in [0.1, 0.15) is 6.61 Å². The van der Waals surface area contributed by atoms with Gasteiger partial charge in [0.2, 0.25) is 5.75 Å². The van der Waals surface area contributed by atoms with E-state index in [0.717, 1.165) is 0 Å². The minimum Gasteiger partial charge on any atom is -1.00 e. The zero-order chi connectivity index (χ0) is 18.9. The standard InChI is InChI=1S/C18H20N2O6.ClH/c1-23-14-9-13(10-15(24-2)16(14)25-3)18(22)26-8-7-20-17(21)12-5-4-6-19-11-12;/h4-6,9-11H,7-8H2,1-3H3,(H,20,21);1H/p-1. The summed E-state index contributed by atoms with van der Waals surface area (Å²) < 4.78 is 20.8. The maximum Gasteiger partial charge on any atom is 0.338 e. The van der Waals surface area contributed by atoms with Gasteiger partial charge in [-0.3, -0.25) is 9.78 Å². The molecule has 0 aliphatic rings. The molecular weight excluding hydrogens is 376 g/mol. The number of benzene rings is 1. The van der Waals surface area contributed by atoms with Crippen LogP contribution in [0.4, 0.5) is 0 Å². The second-order valence-corrected chi connectivity index (χ2v) is 5.05. The first-order chi connectivity index (χ1) is 12.6. The highest BCUT2D eigenvalue weighted by atomic mass is 35.5. The molecular formula is C18H20ClN2O6-. The summed E-state index contributed by atoms with van der Waals surface area (Å²) in [7, 11) is 4.39. The molecule has 27 heavy (non-hydrogen) atoms. The molecule has 1 heterocycles. The molecule has 1 amide bonds. The molecule has 1 aromatic carbocycles. The third-order valence-electron chi connectivity index (χ3n) is 3.44. The van der Waals surface area contributed by atoms with Crippen molar-refractivity contribution in [3.8, 4) is 17.2 Å². The summed E-state index contributed by atoms with van der Waals surface area (Å²) in [4.78, 5) is 27.9. The Morgan fingerprint density at radius 1 is 1.04 bits per heavy atom. The smallest absolute Gasteiger partial charge is 0.338 e. The molecule has 2 aromatic rings. The van der Waals surface area contributed by atoms with Gasteiger partial charge in [0.05, 0.1) is 39.0 Å².